The lowest BCUT2D eigenvalue weighted by Gasteiger charge is -2.21. The molecule has 0 aliphatic heterocycles. The number of nitrogens with two attached hydrogens (primary N) is 1. The van der Waals surface area contributed by atoms with E-state index < -0.39 is 0 Å². The lowest BCUT2D eigenvalue weighted by Crippen LogP contribution is -2.45. The topological polar surface area (TPSA) is 66.5 Å². The van der Waals surface area contributed by atoms with Crippen LogP contribution in [0.1, 0.15) is 26.3 Å². The van der Waals surface area contributed by atoms with Crippen LogP contribution in [0.25, 0.3) is 0 Å². The van der Waals surface area contributed by atoms with E-state index in [0.717, 1.165) is 11.4 Å². The summed E-state index contributed by atoms with van der Waals surface area (Å²) >= 11 is 0. The minimum atomic E-state index is -0.0765. The van der Waals surface area contributed by atoms with Crippen molar-refractivity contribution in [3.63, 3.8) is 0 Å². The SMILES string of the molecule is CN(C)c1ncccc1CN=C(N)NC(C)(C)C.I. The number of hydrogen-bond donors (Lipinski definition) is 2. The zero-order valence-electron chi connectivity index (χ0n) is 12.3. The number of halogens is 1. The van der Waals surface area contributed by atoms with Crippen molar-refractivity contribution >= 4 is 35.8 Å². The van der Waals surface area contributed by atoms with Crippen LogP contribution in [-0.4, -0.2) is 30.6 Å². The van der Waals surface area contributed by atoms with Gasteiger partial charge in [-0.05, 0) is 26.8 Å². The molecule has 1 heterocycles. The first-order chi connectivity index (χ1) is 8.29. The zero-order valence-corrected chi connectivity index (χ0v) is 14.6. The molecule has 1 aromatic rings. The molecule has 0 amide bonds. The van der Waals surface area contributed by atoms with E-state index in [1.54, 1.807) is 6.20 Å². The smallest absolute Gasteiger partial charge is 0.189 e. The van der Waals surface area contributed by atoms with Crippen molar-refractivity contribution < 1.29 is 0 Å². The molecule has 0 saturated carbocycles. The lowest BCUT2D eigenvalue weighted by molar-refractivity contribution is 0.508. The van der Waals surface area contributed by atoms with E-state index in [4.69, 9.17) is 5.73 Å². The molecular formula is C13H24IN5. The van der Waals surface area contributed by atoms with Gasteiger partial charge in [0.1, 0.15) is 5.82 Å². The van der Waals surface area contributed by atoms with Crippen LogP contribution < -0.4 is 16.0 Å². The van der Waals surface area contributed by atoms with Crippen molar-refractivity contribution in [2.45, 2.75) is 32.9 Å². The Balaban J connectivity index is 0.00000324. The van der Waals surface area contributed by atoms with Gasteiger partial charge in [0.05, 0.1) is 6.54 Å². The van der Waals surface area contributed by atoms with Crippen LogP contribution in [0.2, 0.25) is 0 Å². The molecule has 5 nitrogen and oxygen atoms in total. The Labute approximate surface area is 132 Å². The van der Waals surface area contributed by atoms with Gasteiger partial charge in [0.25, 0.3) is 0 Å². The van der Waals surface area contributed by atoms with Gasteiger partial charge in [-0.3, -0.25) is 0 Å². The third-order valence-corrected chi connectivity index (χ3v) is 2.21. The summed E-state index contributed by atoms with van der Waals surface area (Å²) in [6.45, 7) is 6.66. The first-order valence-electron chi connectivity index (χ1n) is 5.99. The Bertz CT molecular complexity index is 423. The van der Waals surface area contributed by atoms with Crippen LogP contribution in [0.4, 0.5) is 5.82 Å². The van der Waals surface area contributed by atoms with Gasteiger partial charge in [0, 0.05) is 31.4 Å². The van der Waals surface area contributed by atoms with Crippen LogP contribution in [0, 0.1) is 0 Å². The highest BCUT2D eigenvalue weighted by Gasteiger charge is 2.10. The summed E-state index contributed by atoms with van der Waals surface area (Å²) in [7, 11) is 3.93. The molecule has 0 aromatic carbocycles. The summed E-state index contributed by atoms with van der Waals surface area (Å²) in [5, 5.41) is 3.13. The van der Waals surface area contributed by atoms with E-state index in [0.29, 0.717) is 12.5 Å². The summed E-state index contributed by atoms with van der Waals surface area (Å²) in [6.07, 6.45) is 1.78. The Morgan fingerprint density at radius 1 is 1.42 bits per heavy atom. The molecule has 0 unspecified atom stereocenters. The number of rotatable bonds is 3. The molecule has 0 fully saturated rings. The fraction of sp³-hybridized carbons (Fsp3) is 0.538. The fourth-order valence-electron chi connectivity index (χ4n) is 1.55. The first-order valence-corrected chi connectivity index (χ1v) is 5.99. The Hall–Kier alpha value is -1.05. The summed E-state index contributed by atoms with van der Waals surface area (Å²) in [5.74, 6) is 1.38. The maximum absolute atomic E-state index is 5.84. The summed E-state index contributed by atoms with van der Waals surface area (Å²) in [4.78, 5) is 10.6. The van der Waals surface area contributed by atoms with Crippen LogP contribution in [0.5, 0.6) is 0 Å². The van der Waals surface area contributed by atoms with Gasteiger partial charge in [-0.15, -0.1) is 24.0 Å². The number of nitrogens with zero attached hydrogens (tertiary/aromatic N) is 3. The number of aromatic nitrogens is 1. The maximum atomic E-state index is 5.84. The third kappa shape index (κ3) is 6.60. The minimum absolute atomic E-state index is 0. The van der Waals surface area contributed by atoms with Crippen molar-refractivity contribution in [3.8, 4) is 0 Å². The van der Waals surface area contributed by atoms with Crippen LogP contribution in [0.15, 0.2) is 23.3 Å². The van der Waals surface area contributed by atoms with Gasteiger partial charge >= 0.3 is 0 Å². The zero-order chi connectivity index (χ0) is 13.8. The number of anilines is 1. The Morgan fingerprint density at radius 2 is 2.05 bits per heavy atom. The molecule has 0 radical (unpaired) electrons. The second kappa shape index (κ2) is 7.52. The van der Waals surface area contributed by atoms with E-state index >= 15 is 0 Å². The highest BCUT2D eigenvalue weighted by Crippen LogP contribution is 2.15. The molecular weight excluding hydrogens is 353 g/mol. The molecule has 0 aliphatic carbocycles. The van der Waals surface area contributed by atoms with Gasteiger partial charge in [-0.25, -0.2) is 9.98 Å². The maximum Gasteiger partial charge on any atom is 0.189 e. The van der Waals surface area contributed by atoms with Crippen molar-refractivity contribution in [2.24, 2.45) is 10.7 Å². The predicted molar refractivity (Wildman–Crippen MR) is 92.2 cm³/mol. The summed E-state index contributed by atoms with van der Waals surface area (Å²) in [5.41, 5.74) is 6.82. The molecule has 0 saturated heterocycles. The molecule has 1 aromatic heterocycles. The van der Waals surface area contributed by atoms with Gasteiger partial charge in [-0.2, -0.15) is 0 Å². The number of pyridine rings is 1. The van der Waals surface area contributed by atoms with E-state index in [9.17, 15) is 0 Å². The third-order valence-electron chi connectivity index (χ3n) is 2.21. The van der Waals surface area contributed by atoms with Gasteiger partial charge in [0.2, 0.25) is 0 Å². The average molecular weight is 377 g/mol. The Kier molecular flexibility index (Phi) is 7.10. The lowest BCUT2D eigenvalue weighted by atomic mass is 10.1. The highest BCUT2D eigenvalue weighted by atomic mass is 127. The Morgan fingerprint density at radius 3 is 2.58 bits per heavy atom. The fourth-order valence-corrected chi connectivity index (χ4v) is 1.55. The van der Waals surface area contributed by atoms with E-state index in [-0.39, 0.29) is 29.5 Å². The molecule has 0 spiro atoms. The highest BCUT2D eigenvalue weighted by molar-refractivity contribution is 14.0. The van der Waals surface area contributed by atoms with Crippen LogP contribution >= 0.6 is 24.0 Å². The van der Waals surface area contributed by atoms with Crippen LogP contribution in [0.3, 0.4) is 0 Å². The van der Waals surface area contributed by atoms with Crippen molar-refractivity contribution in [1.29, 1.82) is 0 Å². The summed E-state index contributed by atoms with van der Waals surface area (Å²) in [6, 6.07) is 3.92. The summed E-state index contributed by atoms with van der Waals surface area (Å²) < 4.78 is 0. The number of nitrogens with one attached hydrogen (secondary N) is 1. The number of guanidine groups is 1. The molecule has 6 heteroatoms. The van der Waals surface area contributed by atoms with Crippen molar-refractivity contribution in [3.05, 3.63) is 23.9 Å². The molecule has 108 valence electrons. The van der Waals surface area contributed by atoms with Crippen LogP contribution in [-0.2, 0) is 6.54 Å². The molecule has 19 heavy (non-hydrogen) atoms. The average Bonchev–Trinajstić information content (AvgIpc) is 2.24. The monoisotopic (exact) mass is 377 g/mol. The predicted octanol–water partition coefficient (Wildman–Crippen LogP) is 1.97. The molecule has 0 aliphatic rings. The number of hydrogen-bond acceptors (Lipinski definition) is 3. The normalized spacial score (nSPS) is 11.7. The van der Waals surface area contributed by atoms with E-state index in [2.05, 4.69) is 15.3 Å². The molecule has 0 atom stereocenters. The largest absolute Gasteiger partial charge is 0.370 e. The molecule has 1 rings (SSSR count). The van der Waals surface area contributed by atoms with E-state index in [1.807, 2.05) is 51.9 Å². The second-order valence-corrected chi connectivity index (χ2v) is 5.46. The van der Waals surface area contributed by atoms with Crippen molar-refractivity contribution in [2.75, 3.05) is 19.0 Å². The standard InChI is InChI=1S/C13H23N5.HI/c1-13(2,3)17-12(14)16-9-10-7-6-8-15-11(10)18(4)5;/h6-8H,9H2,1-5H3,(H3,14,16,17);1H. The van der Waals surface area contributed by atoms with Gasteiger partial charge in [-0.1, -0.05) is 6.07 Å². The first kappa shape index (κ1) is 17.9. The van der Waals surface area contributed by atoms with E-state index in [1.165, 1.54) is 0 Å². The minimum Gasteiger partial charge on any atom is -0.370 e. The van der Waals surface area contributed by atoms with Gasteiger partial charge in [0.15, 0.2) is 5.96 Å². The molecule has 0 bridgehead atoms. The van der Waals surface area contributed by atoms with Crippen molar-refractivity contribution in [1.82, 2.24) is 10.3 Å². The second-order valence-electron chi connectivity index (χ2n) is 5.46. The number of aliphatic imine (C=N–C) groups is 1. The quantitative estimate of drug-likeness (QED) is 0.480. The van der Waals surface area contributed by atoms with Gasteiger partial charge < -0.3 is 16.0 Å². The molecule has 3 N–H and O–H groups in total.